The first kappa shape index (κ1) is 16.4. The van der Waals surface area contributed by atoms with E-state index in [4.69, 9.17) is 5.11 Å². The van der Waals surface area contributed by atoms with E-state index < -0.39 is 18.0 Å². The third kappa shape index (κ3) is 4.80. The van der Waals surface area contributed by atoms with Gasteiger partial charge in [-0.1, -0.05) is 27.7 Å². The minimum absolute atomic E-state index is 0.176. The molecule has 1 rings (SSSR count). The molecule has 112 valence electrons. The highest BCUT2D eigenvalue weighted by Crippen LogP contribution is 2.18. The molecule has 0 fully saturated rings. The fourth-order valence-electron chi connectivity index (χ4n) is 1.55. The molecule has 0 unspecified atom stereocenters. The van der Waals surface area contributed by atoms with Gasteiger partial charge in [-0.25, -0.2) is 14.6 Å². The lowest BCUT2D eigenvalue weighted by molar-refractivity contribution is -0.140. The molecule has 0 aliphatic heterocycles. The molecule has 1 heterocycles. The summed E-state index contributed by atoms with van der Waals surface area (Å²) in [6.45, 7) is 7.90. The molecule has 0 saturated carbocycles. The molecule has 1 atom stereocenters. The molecule has 0 radical (unpaired) electrons. The van der Waals surface area contributed by atoms with Gasteiger partial charge in [-0.2, -0.15) is 0 Å². The number of carboxylic acids is 1. The topological polar surface area (TPSA) is 91.3 Å². The number of carbonyl (C=O) groups excluding carboxylic acids is 1. The number of aromatic nitrogens is 1. The van der Waals surface area contributed by atoms with Crippen molar-refractivity contribution < 1.29 is 14.7 Å². The average molecular weight is 299 g/mol. The maximum Gasteiger partial charge on any atom is 0.326 e. The van der Waals surface area contributed by atoms with Crippen LogP contribution in [0.3, 0.4) is 0 Å². The van der Waals surface area contributed by atoms with Gasteiger partial charge < -0.3 is 15.7 Å². The lowest BCUT2D eigenvalue weighted by atomic mass is 10.1. The molecule has 3 N–H and O–H groups in total. The molecule has 0 aromatic carbocycles. The summed E-state index contributed by atoms with van der Waals surface area (Å²) >= 11 is 1.56. The summed E-state index contributed by atoms with van der Waals surface area (Å²) in [7, 11) is 0. The van der Waals surface area contributed by atoms with E-state index >= 15 is 0 Å². The zero-order valence-electron chi connectivity index (χ0n) is 12.1. The largest absolute Gasteiger partial charge is 0.480 e. The van der Waals surface area contributed by atoms with E-state index in [0.717, 1.165) is 10.7 Å². The molecule has 7 heteroatoms. The molecule has 20 heavy (non-hydrogen) atoms. The van der Waals surface area contributed by atoms with E-state index in [0.29, 0.717) is 12.5 Å². The third-order valence-electron chi connectivity index (χ3n) is 2.71. The Morgan fingerprint density at radius 2 is 2.00 bits per heavy atom. The van der Waals surface area contributed by atoms with E-state index in [1.54, 1.807) is 25.2 Å². The highest BCUT2D eigenvalue weighted by molar-refractivity contribution is 7.09. The molecular formula is C13H21N3O3S. The van der Waals surface area contributed by atoms with Gasteiger partial charge in [0.15, 0.2) is 0 Å². The predicted molar refractivity (Wildman–Crippen MR) is 77.8 cm³/mol. The van der Waals surface area contributed by atoms with Crippen LogP contribution in [0.15, 0.2) is 5.38 Å². The number of urea groups is 1. The number of hydrogen-bond donors (Lipinski definition) is 3. The first-order valence-corrected chi connectivity index (χ1v) is 7.40. The van der Waals surface area contributed by atoms with Crippen molar-refractivity contribution in [3.05, 3.63) is 16.1 Å². The van der Waals surface area contributed by atoms with Gasteiger partial charge in [-0.15, -0.1) is 11.3 Å². The average Bonchev–Trinajstić information content (AvgIpc) is 2.81. The van der Waals surface area contributed by atoms with E-state index in [1.807, 2.05) is 5.38 Å². The molecule has 1 aromatic rings. The summed E-state index contributed by atoms with van der Waals surface area (Å²) in [5.41, 5.74) is 0.783. The van der Waals surface area contributed by atoms with Crippen molar-refractivity contribution in [2.45, 2.75) is 46.2 Å². The maximum absolute atomic E-state index is 11.7. The summed E-state index contributed by atoms with van der Waals surface area (Å²) < 4.78 is 0. The number of amides is 2. The monoisotopic (exact) mass is 299 g/mol. The summed E-state index contributed by atoms with van der Waals surface area (Å²) in [6, 6.07) is -1.39. The zero-order valence-corrected chi connectivity index (χ0v) is 13.0. The van der Waals surface area contributed by atoms with Crippen molar-refractivity contribution in [1.29, 1.82) is 0 Å². The second-order valence-electron chi connectivity index (χ2n) is 5.22. The van der Waals surface area contributed by atoms with Crippen LogP contribution in [-0.4, -0.2) is 28.1 Å². The molecule has 6 nitrogen and oxygen atoms in total. The Morgan fingerprint density at radius 3 is 2.45 bits per heavy atom. The zero-order chi connectivity index (χ0) is 15.3. The minimum atomic E-state index is -1.04. The van der Waals surface area contributed by atoms with Crippen molar-refractivity contribution >= 4 is 23.3 Å². The molecule has 2 amide bonds. The molecular weight excluding hydrogens is 278 g/mol. The van der Waals surface area contributed by atoms with E-state index in [9.17, 15) is 9.59 Å². The van der Waals surface area contributed by atoms with Crippen LogP contribution in [0.2, 0.25) is 0 Å². The number of hydrogen-bond acceptors (Lipinski definition) is 4. The molecule has 0 aliphatic rings. The van der Waals surface area contributed by atoms with Crippen LogP contribution >= 0.6 is 11.3 Å². The van der Waals surface area contributed by atoms with E-state index in [1.165, 1.54) is 0 Å². The van der Waals surface area contributed by atoms with Gasteiger partial charge in [0, 0.05) is 11.3 Å². The fourth-order valence-corrected chi connectivity index (χ4v) is 2.38. The highest BCUT2D eigenvalue weighted by Gasteiger charge is 2.23. The van der Waals surface area contributed by atoms with Crippen LogP contribution in [0, 0.1) is 5.92 Å². The summed E-state index contributed by atoms with van der Waals surface area (Å²) in [5, 5.41) is 17.0. The van der Waals surface area contributed by atoms with Crippen molar-refractivity contribution in [2.24, 2.45) is 5.92 Å². The number of carbonyl (C=O) groups is 2. The second kappa shape index (κ2) is 7.23. The van der Waals surface area contributed by atoms with Crippen LogP contribution in [0.4, 0.5) is 4.79 Å². The Morgan fingerprint density at radius 1 is 1.35 bits per heavy atom. The van der Waals surface area contributed by atoms with Gasteiger partial charge in [0.05, 0.1) is 17.2 Å². The normalized spacial score (nSPS) is 12.5. The van der Waals surface area contributed by atoms with Gasteiger partial charge in [0.1, 0.15) is 6.04 Å². The summed E-state index contributed by atoms with van der Waals surface area (Å²) in [6.07, 6.45) is 0. The Balaban J connectivity index is 2.48. The Hall–Kier alpha value is -1.63. The van der Waals surface area contributed by atoms with Crippen LogP contribution in [0.1, 0.15) is 44.3 Å². The van der Waals surface area contributed by atoms with Gasteiger partial charge in [0.2, 0.25) is 0 Å². The SMILES string of the molecule is CC(C)c1nc(CNC(=O)N[C@H](C(=O)O)C(C)C)cs1. The molecule has 0 aliphatic carbocycles. The minimum Gasteiger partial charge on any atom is -0.480 e. The molecule has 0 spiro atoms. The smallest absolute Gasteiger partial charge is 0.326 e. The molecule has 0 saturated heterocycles. The lowest BCUT2D eigenvalue weighted by Crippen LogP contribution is -2.48. The maximum atomic E-state index is 11.7. The van der Waals surface area contributed by atoms with Crippen LogP contribution < -0.4 is 10.6 Å². The number of aliphatic carboxylic acids is 1. The number of nitrogens with zero attached hydrogens (tertiary/aromatic N) is 1. The van der Waals surface area contributed by atoms with Gasteiger partial charge >= 0.3 is 12.0 Å². The Bertz CT molecular complexity index is 471. The molecule has 0 bridgehead atoms. The second-order valence-corrected chi connectivity index (χ2v) is 6.11. The van der Waals surface area contributed by atoms with Gasteiger partial charge in [0.25, 0.3) is 0 Å². The van der Waals surface area contributed by atoms with Crippen molar-refractivity contribution in [1.82, 2.24) is 15.6 Å². The van der Waals surface area contributed by atoms with E-state index in [-0.39, 0.29) is 5.92 Å². The number of rotatable bonds is 6. The Labute approximate surface area is 122 Å². The summed E-state index contributed by atoms with van der Waals surface area (Å²) in [5.74, 6) is -0.851. The van der Waals surface area contributed by atoms with Crippen LogP contribution in [0.25, 0.3) is 0 Å². The standard InChI is InChI=1S/C13H21N3O3S/c1-7(2)10(12(17)18)16-13(19)14-5-9-6-20-11(15-9)8(3)4/h6-8,10H,5H2,1-4H3,(H,17,18)(H2,14,16,19)/t10-/m0/s1. The lowest BCUT2D eigenvalue weighted by Gasteiger charge is -2.17. The van der Waals surface area contributed by atoms with Crippen LogP contribution in [0.5, 0.6) is 0 Å². The number of thiazole rings is 1. The number of nitrogens with one attached hydrogen (secondary N) is 2. The highest BCUT2D eigenvalue weighted by atomic mass is 32.1. The number of carboxylic acid groups (broad SMARTS) is 1. The first-order valence-electron chi connectivity index (χ1n) is 6.52. The first-order chi connectivity index (χ1) is 9.31. The van der Waals surface area contributed by atoms with Crippen molar-refractivity contribution in [3.63, 3.8) is 0 Å². The van der Waals surface area contributed by atoms with Gasteiger partial charge in [-0.05, 0) is 5.92 Å². The molecule has 1 aromatic heterocycles. The fraction of sp³-hybridized carbons (Fsp3) is 0.615. The quantitative estimate of drug-likeness (QED) is 0.750. The predicted octanol–water partition coefficient (Wildman–Crippen LogP) is 2.17. The Kier molecular flexibility index (Phi) is 5.94. The van der Waals surface area contributed by atoms with Crippen LogP contribution in [-0.2, 0) is 11.3 Å². The van der Waals surface area contributed by atoms with E-state index in [2.05, 4.69) is 29.5 Å². The third-order valence-corrected chi connectivity index (χ3v) is 3.91. The summed E-state index contributed by atoms with van der Waals surface area (Å²) in [4.78, 5) is 27.0. The van der Waals surface area contributed by atoms with Crippen molar-refractivity contribution in [3.8, 4) is 0 Å². The van der Waals surface area contributed by atoms with Gasteiger partial charge in [-0.3, -0.25) is 0 Å². The van der Waals surface area contributed by atoms with Crippen molar-refractivity contribution in [2.75, 3.05) is 0 Å².